The number of ether oxygens (including phenoxy) is 1. The Morgan fingerprint density at radius 2 is 2.00 bits per heavy atom. The zero-order chi connectivity index (χ0) is 16.1. The lowest BCUT2D eigenvalue weighted by Gasteiger charge is -2.05. The monoisotopic (exact) mass is 328 g/mol. The summed E-state index contributed by atoms with van der Waals surface area (Å²) in [7, 11) is 0. The number of anilines is 1. The molecule has 1 amide bonds. The normalized spacial score (nSPS) is 10.3. The second-order valence-electron chi connectivity index (χ2n) is 4.64. The fraction of sp³-hybridized carbons (Fsp3) is 0.0625. The summed E-state index contributed by atoms with van der Waals surface area (Å²) in [5.41, 5.74) is 0.276. The molecule has 7 heteroatoms. The molecule has 23 heavy (non-hydrogen) atoms. The van der Waals surface area contributed by atoms with Crippen LogP contribution in [0.2, 0.25) is 5.02 Å². The van der Waals surface area contributed by atoms with Gasteiger partial charge in [0, 0.05) is 12.4 Å². The van der Waals surface area contributed by atoms with Crippen LogP contribution in [0.1, 0.15) is 10.5 Å². The highest BCUT2D eigenvalue weighted by molar-refractivity contribution is 6.30. The Balaban J connectivity index is 1.59. The SMILES string of the molecule is O=C(Nc1ccc(Cl)cn1)c1ccn(COc2ccccc2)n1. The van der Waals surface area contributed by atoms with E-state index in [2.05, 4.69) is 15.4 Å². The molecule has 0 fully saturated rings. The first-order valence-corrected chi connectivity index (χ1v) is 7.23. The Labute approximate surface area is 137 Å². The lowest BCUT2D eigenvalue weighted by atomic mass is 10.3. The number of hydrogen-bond donors (Lipinski definition) is 1. The van der Waals surface area contributed by atoms with E-state index < -0.39 is 0 Å². The van der Waals surface area contributed by atoms with Gasteiger partial charge in [0.2, 0.25) is 0 Å². The minimum atomic E-state index is -0.349. The van der Waals surface area contributed by atoms with Crippen LogP contribution in [0.3, 0.4) is 0 Å². The van der Waals surface area contributed by atoms with Crippen molar-refractivity contribution in [3.8, 4) is 5.75 Å². The van der Waals surface area contributed by atoms with Crippen molar-refractivity contribution in [2.45, 2.75) is 6.73 Å². The maximum atomic E-state index is 12.1. The number of rotatable bonds is 5. The summed E-state index contributed by atoms with van der Waals surface area (Å²) in [5, 5.41) is 7.32. The Morgan fingerprint density at radius 3 is 2.74 bits per heavy atom. The van der Waals surface area contributed by atoms with E-state index in [9.17, 15) is 4.79 Å². The van der Waals surface area contributed by atoms with Crippen LogP contribution in [0.5, 0.6) is 5.75 Å². The zero-order valence-electron chi connectivity index (χ0n) is 12.0. The first-order valence-electron chi connectivity index (χ1n) is 6.85. The van der Waals surface area contributed by atoms with E-state index in [0.29, 0.717) is 10.8 Å². The van der Waals surface area contributed by atoms with Crippen molar-refractivity contribution < 1.29 is 9.53 Å². The number of carbonyl (C=O) groups is 1. The molecule has 0 unspecified atom stereocenters. The number of nitrogens with one attached hydrogen (secondary N) is 1. The van der Waals surface area contributed by atoms with Gasteiger partial charge in [-0.2, -0.15) is 5.10 Å². The molecule has 0 saturated heterocycles. The summed E-state index contributed by atoms with van der Waals surface area (Å²) in [5.74, 6) is 0.798. The van der Waals surface area contributed by atoms with Crippen molar-refractivity contribution in [3.05, 3.63) is 71.6 Å². The van der Waals surface area contributed by atoms with Crippen molar-refractivity contribution in [1.29, 1.82) is 0 Å². The quantitative estimate of drug-likeness (QED) is 0.780. The van der Waals surface area contributed by atoms with Crippen LogP contribution in [0, 0.1) is 0 Å². The maximum Gasteiger partial charge on any atom is 0.277 e. The number of carbonyl (C=O) groups excluding carboxylic acids is 1. The molecular formula is C16H13ClN4O2. The summed E-state index contributed by atoms with van der Waals surface area (Å²) in [6.07, 6.45) is 3.14. The number of pyridine rings is 1. The highest BCUT2D eigenvalue weighted by Gasteiger charge is 2.10. The minimum Gasteiger partial charge on any atom is -0.471 e. The lowest BCUT2D eigenvalue weighted by Crippen LogP contribution is -2.15. The van der Waals surface area contributed by atoms with Gasteiger partial charge in [-0.1, -0.05) is 29.8 Å². The first kappa shape index (κ1) is 15.1. The molecule has 0 aliphatic carbocycles. The van der Waals surface area contributed by atoms with Crippen molar-refractivity contribution in [3.63, 3.8) is 0 Å². The molecule has 2 heterocycles. The van der Waals surface area contributed by atoms with E-state index in [1.807, 2.05) is 30.3 Å². The third kappa shape index (κ3) is 4.08. The van der Waals surface area contributed by atoms with E-state index in [-0.39, 0.29) is 18.3 Å². The van der Waals surface area contributed by atoms with Gasteiger partial charge in [0.25, 0.3) is 5.91 Å². The summed E-state index contributed by atoms with van der Waals surface area (Å²) in [6.45, 7) is 0.219. The summed E-state index contributed by atoms with van der Waals surface area (Å²) in [6, 6.07) is 14.3. The van der Waals surface area contributed by atoms with Crippen molar-refractivity contribution in [1.82, 2.24) is 14.8 Å². The molecular weight excluding hydrogens is 316 g/mol. The molecule has 0 radical (unpaired) electrons. The van der Waals surface area contributed by atoms with Crippen LogP contribution >= 0.6 is 11.6 Å². The van der Waals surface area contributed by atoms with E-state index in [1.165, 1.54) is 10.9 Å². The van der Waals surface area contributed by atoms with Crippen molar-refractivity contribution in [2.75, 3.05) is 5.32 Å². The number of hydrogen-bond acceptors (Lipinski definition) is 4. The van der Waals surface area contributed by atoms with Crippen LogP contribution < -0.4 is 10.1 Å². The predicted molar refractivity (Wildman–Crippen MR) is 86.5 cm³/mol. The fourth-order valence-corrected chi connectivity index (χ4v) is 1.95. The third-order valence-corrected chi connectivity index (χ3v) is 3.17. The summed E-state index contributed by atoms with van der Waals surface area (Å²) in [4.78, 5) is 16.1. The second kappa shape index (κ2) is 6.93. The molecule has 116 valence electrons. The molecule has 0 aliphatic heterocycles. The number of para-hydroxylation sites is 1. The Kier molecular flexibility index (Phi) is 4.54. The van der Waals surface area contributed by atoms with Gasteiger partial charge in [-0.25, -0.2) is 9.67 Å². The smallest absolute Gasteiger partial charge is 0.277 e. The van der Waals surface area contributed by atoms with Gasteiger partial charge in [0.1, 0.15) is 11.6 Å². The van der Waals surface area contributed by atoms with Gasteiger partial charge in [-0.3, -0.25) is 4.79 Å². The molecule has 1 N–H and O–H groups in total. The first-order chi connectivity index (χ1) is 11.2. The highest BCUT2D eigenvalue weighted by atomic mass is 35.5. The van der Waals surface area contributed by atoms with Gasteiger partial charge >= 0.3 is 0 Å². The van der Waals surface area contributed by atoms with E-state index in [1.54, 1.807) is 24.4 Å². The topological polar surface area (TPSA) is 69.0 Å². The van der Waals surface area contributed by atoms with Gasteiger partial charge in [-0.05, 0) is 30.3 Å². The molecule has 0 spiro atoms. The number of aromatic nitrogens is 3. The zero-order valence-corrected chi connectivity index (χ0v) is 12.8. The van der Waals surface area contributed by atoms with Crippen molar-refractivity contribution >= 4 is 23.3 Å². The number of nitrogens with zero attached hydrogens (tertiary/aromatic N) is 3. The standard InChI is InChI=1S/C16H13ClN4O2/c17-12-6-7-15(18-10-12)19-16(22)14-8-9-21(20-14)11-23-13-4-2-1-3-5-13/h1-10H,11H2,(H,18,19,22). The molecule has 6 nitrogen and oxygen atoms in total. The van der Waals surface area contributed by atoms with Crippen LogP contribution in [0.25, 0.3) is 0 Å². The minimum absolute atomic E-state index is 0.219. The van der Waals surface area contributed by atoms with Crippen molar-refractivity contribution in [2.24, 2.45) is 0 Å². The van der Waals surface area contributed by atoms with Gasteiger partial charge < -0.3 is 10.1 Å². The number of halogens is 1. The molecule has 0 saturated carbocycles. The Hall–Kier alpha value is -2.86. The highest BCUT2D eigenvalue weighted by Crippen LogP contribution is 2.11. The third-order valence-electron chi connectivity index (χ3n) is 2.95. The van der Waals surface area contributed by atoms with Gasteiger partial charge in [0.05, 0.1) is 5.02 Å². The average Bonchev–Trinajstić information content (AvgIpc) is 3.05. The fourth-order valence-electron chi connectivity index (χ4n) is 1.84. The molecule has 0 bridgehead atoms. The molecule has 1 aromatic carbocycles. The van der Waals surface area contributed by atoms with E-state index in [4.69, 9.17) is 16.3 Å². The van der Waals surface area contributed by atoms with E-state index >= 15 is 0 Å². The molecule has 2 aromatic heterocycles. The van der Waals surface area contributed by atoms with E-state index in [0.717, 1.165) is 5.75 Å². The maximum absolute atomic E-state index is 12.1. The van der Waals surface area contributed by atoms with Crippen LogP contribution in [-0.4, -0.2) is 20.7 Å². The molecule has 0 aliphatic rings. The summed E-state index contributed by atoms with van der Waals surface area (Å²) < 4.78 is 7.10. The predicted octanol–water partition coefficient (Wildman–Crippen LogP) is 3.22. The summed E-state index contributed by atoms with van der Waals surface area (Å²) >= 11 is 5.75. The number of benzene rings is 1. The van der Waals surface area contributed by atoms with Crippen LogP contribution in [-0.2, 0) is 6.73 Å². The average molecular weight is 329 g/mol. The molecule has 3 rings (SSSR count). The van der Waals surface area contributed by atoms with Gasteiger partial charge in [-0.15, -0.1) is 0 Å². The second-order valence-corrected chi connectivity index (χ2v) is 5.08. The Bertz CT molecular complexity index is 787. The van der Waals surface area contributed by atoms with Crippen LogP contribution in [0.4, 0.5) is 5.82 Å². The molecule has 0 atom stereocenters. The molecule has 3 aromatic rings. The number of amides is 1. The van der Waals surface area contributed by atoms with Gasteiger partial charge in [0.15, 0.2) is 12.4 Å². The Morgan fingerprint density at radius 1 is 1.17 bits per heavy atom. The van der Waals surface area contributed by atoms with Crippen LogP contribution in [0.15, 0.2) is 60.9 Å². The largest absolute Gasteiger partial charge is 0.471 e. The lowest BCUT2D eigenvalue weighted by molar-refractivity contribution is 0.102.